The highest BCUT2D eigenvalue weighted by molar-refractivity contribution is 5.98. The van der Waals surface area contributed by atoms with Crippen LogP contribution < -0.4 is 0 Å². The molecule has 0 N–H and O–H groups in total. The van der Waals surface area contributed by atoms with Crippen LogP contribution in [0.15, 0.2) is 18.2 Å². The van der Waals surface area contributed by atoms with Gasteiger partial charge in [-0.2, -0.15) is 5.26 Å². The molecular formula is C11H11NO. The van der Waals surface area contributed by atoms with Crippen molar-refractivity contribution >= 4 is 5.78 Å². The van der Waals surface area contributed by atoms with E-state index in [9.17, 15) is 4.79 Å². The fraction of sp³-hybridized carbons (Fsp3) is 0.273. The fourth-order valence-corrected chi connectivity index (χ4v) is 1.40. The molecule has 13 heavy (non-hydrogen) atoms. The van der Waals surface area contributed by atoms with Gasteiger partial charge < -0.3 is 0 Å². The first-order valence-electron chi connectivity index (χ1n) is 4.23. The largest absolute Gasteiger partial charge is 0.294 e. The van der Waals surface area contributed by atoms with E-state index in [1.807, 2.05) is 25.1 Å². The summed E-state index contributed by atoms with van der Waals surface area (Å²) < 4.78 is 0. The number of benzene rings is 1. The van der Waals surface area contributed by atoms with Gasteiger partial charge in [-0.25, -0.2) is 0 Å². The van der Waals surface area contributed by atoms with Crippen molar-refractivity contribution in [3.8, 4) is 6.07 Å². The predicted octanol–water partition coefficient (Wildman–Crippen LogP) is 2.32. The van der Waals surface area contributed by atoms with Gasteiger partial charge in [0.05, 0.1) is 11.6 Å². The van der Waals surface area contributed by atoms with Crippen LogP contribution in [0.4, 0.5) is 0 Å². The van der Waals surface area contributed by atoms with Crippen molar-refractivity contribution in [2.75, 3.05) is 0 Å². The Morgan fingerprint density at radius 3 is 2.69 bits per heavy atom. The fourth-order valence-electron chi connectivity index (χ4n) is 1.40. The Balaban J connectivity index is 3.41. The van der Waals surface area contributed by atoms with Gasteiger partial charge in [0.2, 0.25) is 0 Å². The highest BCUT2D eigenvalue weighted by atomic mass is 16.1. The zero-order chi connectivity index (χ0) is 9.84. The molecule has 0 aromatic heterocycles. The minimum absolute atomic E-state index is 0.0333. The van der Waals surface area contributed by atoms with Gasteiger partial charge in [-0.15, -0.1) is 0 Å². The van der Waals surface area contributed by atoms with E-state index in [2.05, 4.69) is 0 Å². The maximum absolute atomic E-state index is 11.3. The smallest absolute Gasteiger partial charge is 0.161 e. The number of nitriles is 1. The molecule has 0 unspecified atom stereocenters. The molecule has 0 amide bonds. The van der Waals surface area contributed by atoms with Gasteiger partial charge in [0.25, 0.3) is 0 Å². The van der Waals surface area contributed by atoms with Gasteiger partial charge in [0, 0.05) is 5.56 Å². The summed E-state index contributed by atoms with van der Waals surface area (Å²) in [4.78, 5) is 11.3. The van der Waals surface area contributed by atoms with Crippen LogP contribution >= 0.6 is 0 Å². The van der Waals surface area contributed by atoms with Crippen molar-refractivity contribution in [1.82, 2.24) is 0 Å². The van der Waals surface area contributed by atoms with Gasteiger partial charge in [-0.1, -0.05) is 19.1 Å². The molecule has 0 bridgehead atoms. The molecule has 0 aliphatic carbocycles. The standard InChI is InChI=1S/C11H11NO/c1-3-9-5-4-6-10(7-12)11(9)8(2)13/h4-6H,3H2,1-2H3. The van der Waals surface area contributed by atoms with Crippen LogP contribution in [0.5, 0.6) is 0 Å². The quantitative estimate of drug-likeness (QED) is 0.644. The van der Waals surface area contributed by atoms with Crippen molar-refractivity contribution in [2.24, 2.45) is 0 Å². The number of Topliss-reactive ketones (excluding diaryl/α,β-unsaturated/α-hetero) is 1. The first-order chi connectivity index (χ1) is 6.20. The van der Waals surface area contributed by atoms with E-state index < -0.39 is 0 Å². The normalized spacial score (nSPS) is 9.31. The lowest BCUT2D eigenvalue weighted by Crippen LogP contribution is -2.01. The number of nitrogens with zero attached hydrogens (tertiary/aromatic N) is 1. The molecule has 0 saturated carbocycles. The van der Waals surface area contributed by atoms with Gasteiger partial charge in [0.15, 0.2) is 5.78 Å². The second-order valence-corrected chi connectivity index (χ2v) is 2.86. The lowest BCUT2D eigenvalue weighted by molar-refractivity contribution is 0.101. The maximum Gasteiger partial charge on any atom is 0.161 e. The Hall–Kier alpha value is -1.62. The average molecular weight is 173 g/mol. The van der Waals surface area contributed by atoms with E-state index >= 15 is 0 Å². The summed E-state index contributed by atoms with van der Waals surface area (Å²) in [6.45, 7) is 3.47. The number of hydrogen-bond donors (Lipinski definition) is 0. The molecule has 0 fully saturated rings. The van der Waals surface area contributed by atoms with Crippen molar-refractivity contribution < 1.29 is 4.79 Å². The molecule has 0 spiro atoms. The minimum Gasteiger partial charge on any atom is -0.294 e. The van der Waals surface area contributed by atoms with Gasteiger partial charge in [-0.3, -0.25) is 4.79 Å². The third kappa shape index (κ3) is 1.75. The Kier molecular flexibility index (Phi) is 2.81. The number of carbonyl (C=O) groups excluding carboxylic acids is 1. The van der Waals surface area contributed by atoms with Crippen LogP contribution in [-0.2, 0) is 6.42 Å². The number of carbonyl (C=O) groups is 1. The monoisotopic (exact) mass is 173 g/mol. The number of hydrogen-bond acceptors (Lipinski definition) is 2. The van der Waals surface area contributed by atoms with Crippen LogP contribution in [-0.4, -0.2) is 5.78 Å². The minimum atomic E-state index is -0.0333. The molecule has 0 saturated heterocycles. The predicted molar refractivity (Wildman–Crippen MR) is 50.5 cm³/mol. The molecule has 2 heteroatoms. The summed E-state index contributed by atoms with van der Waals surface area (Å²) in [5, 5.41) is 8.79. The van der Waals surface area contributed by atoms with E-state index in [1.165, 1.54) is 6.92 Å². The van der Waals surface area contributed by atoms with Crippen LogP contribution in [0.1, 0.15) is 35.3 Å². The third-order valence-corrected chi connectivity index (χ3v) is 2.00. The summed E-state index contributed by atoms with van der Waals surface area (Å²) in [5.74, 6) is -0.0333. The third-order valence-electron chi connectivity index (χ3n) is 2.00. The molecule has 0 aliphatic heterocycles. The molecule has 1 aromatic carbocycles. The Morgan fingerprint density at radius 1 is 1.54 bits per heavy atom. The van der Waals surface area contributed by atoms with Gasteiger partial charge >= 0.3 is 0 Å². The molecule has 0 aliphatic rings. The van der Waals surface area contributed by atoms with Crippen molar-refractivity contribution in [1.29, 1.82) is 5.26 Å². The summed E-state index contributed by atoms with van der Waals surface area (Å²) in [6, 6.07) is 7.40. The van der Waals surface area contributed by atoms with E-state index in [4.69, 9.17) is 5.26 Å². The summed E-state index contributed by atoms with van der Waals surface area (Å²) in [7, 11) is 0. The molecule has 1 rings (SSSR count). The van der Waals surface area contributed by atoms with Crippen LogP contribution in [0, 0.1) is 11.3 Å². The number of rotatable bonds is 2. The lowest BCUT2D eigenvalue weighted by Gasteiger charge is -2.05. The molecular weight excluding hydrogens is 162 g/mol. The topological polar surface area (TPSA) is 40.9 Å². The highest BCUT2D eigenvalue weighted by Crippen LogP contribution is 2.15. The maximum atomic E-state index is 11.3. The summed E-state index contributed by atoms with van der Waals surface area (Å²) in [5.41, 5.74) is 2.01. The SMILES string of the molecule is CCc1cccc(C#N)c1C(C)=O. The molecule has 0 radical (unpaired) electrons. The van der Waals surface area contributed by atoms with E-state index in [1.54, 1.807) is 6.07 Å². The average Bonchev–Trinajstić information content (AvgIpc) is 2.16. The molecule has 0 atom stereocenters. The van der Waals surface area contributed by atoms with Gasteiger partial charge in [0.1, 0.15) is 0 Å². The van der Waals surface area contributed by atoms with E-state index in [0.717, 1.165) is 12.0 Å². The van der Waals surface area contributed by atoms with Crippen LogP contribution in [0.2, 0.25) is 0 Å². The Morgan fingerprint density at radius 2 is 2.23 bits per heavy atom. The summed E-state index contributed by atoms with van der Waals surface area (Å²) >= 11 is 0. The van der Waals surface area contributed by atoms with Crippen LogP contribution in [0.3, 0.4) is 0 Å². The zero-order valence-electron chi connectivity index (χ0n) is 7.79. The molecule has 0 heterocycles. The van der Waals surface area contributed by atoms with Crippen molar-refractivity contribution in [3.05, 3.63) is 34.9 Å². The van der Waals surface area contributed by atoms with Gasteiger partial charge in [-0.05, 0) is 25.0 Å². The Bertz CT molecular complexity index is 374. The lowest BCUT2D eigenvalue weighted by atomic mass is 9.97. The van der Waals surface area contributed by atoms with Crippen molar-refractivity contribution in [3.63, 3.8) is 0 Å². The second-order valence-electron chi connectivity index (χ2n) is 2.86. The Labute approximate surface area is 77.8 Å². The molecule has 2 nitrogen and oxygen atoms in total. The first kappa shape index (κ1) is 9.47. The first-order valence-corrected chi connectivity index (χ1v) is 4.23. The second kappa shape index (κ2) is 3.86. The molecule has 1 aromatic rings. The zero-order valence-corrected chi connectivity index (χ0v) is 7.79. The van der Waals surface area contributed by atoms with Crippen molar-refractivity contribution in [2.45, 2.75) is 20.3 Å². The highest BCUT2D eigenvalue weighted by Gasteiger charge is 2.10. The van der Waals surface area contributed by atoms with E-state index in [-0.39, 0.29) is 5.78 Å². The number of ketones is 1. The van der Waals surface area contributed by atoms with Crippen LogP contribution in [0.25, 0.3) is 0 Å². The molecule has 66 valence electrons. The summed E-state index contributed by atoms with van der Waals surface area (Å²) in [6.07, 6.45) is 0.782. The van der Waals surface area contributed by atoms with E-state index in [0.29, 0.717) is 11.1 Å². The number of aryl methyl sites for hydroxylation is 1.